The van der Waals surface area contributed by atoms with Crippen LogP contribution in [0.25, 0.3) is 102 Å². The van der Waals surface area contributed by atoms with E-state index < -0.39 is 6.48 Å². The lowest BCUT2D eigenvalue weighted by Crippen LogP contribution is -2.20. The molecular weight excluding hydrogens is 1960 g/mol. The van der Waals surface area contributed by atoms with E-state index in [4.69, 9.17) is 112 Å². The number of nitrogens with one attached hydrogen (secondary N) is 1. The summed E-state index contributed by atoms with van der Waals surface area (Å²) in [5.41, 5.74) is 18.9. The minimum atomic E-state index is -0.472. The normalized spacial score (nSPS) is 10.8. The van der Waals surface area contributed by atoms with E-state index in [2.05, 4.69) is 90.6 Å². The van der Waals surface area contributed by atoms with Crippen LogP contribution in [-0.4, -0.2) is 135 Å². The monoisotopic (exact) mass is 2040 g/mol. The Morgan fingerprint density at radius 3 is 1.02 bits per heavy atom. The maximum atomic E-state index is 9.07. The van der Waals surface area contributed by atoms with Gasteiger partial charge in [-0.25, -0.2) is 25.8 Å². The van der Waals surface area contributed by atoms with Crippen molar-refractivity contribution < 1.29 is 29.1 Å². The Morgan fingerprint density at radius 2 is 0.748 bits per heavy atom. The van der Waals surface area contributed by atoms with Crippen molar-refractivity contribution in [3.63, 3.8) is 0 Å². The fraction of sp³-hybridized carbons (Fsp3) is 0.163. The Labute approximate surface area is 813 Å². The van der Waals surface area contributed by atoms with Crippen molar-refractivity contribution >= 4 is 134 Å². The average Bonchev–Trinajstić information content (AvgIpc) is 1.64. The maximum Gasteiger partial charge on any atom is 0.271 e. The second kappa shape index (κ2) is 50.0. The van der Waals surface area contributed by atoms with Crippen LogP contribution in [0.3, 0.4) is 0 Å². The van der Waals surface area contributed by atoms with E-state index in [0.717, 1.165) is 136 Å². The molecule has 0 amide bonds. The summed E-state index contributed by atoms with van der Waals surface area (Å²) in [5.74, 6) is 7.27. The molecule has 0 unspecified atom stereocenters. The molecule has 0 aliphatic rings. The summed E-state index contributed by atoms with van der Waals surface area (Å²) in [6, 6.07) is 73.2. The number of nitrogens with two attached hydrogens (primary N) is 2. The molecule has 0 radical (unpaired) electrons. The molecule has 0 saturated heterocycles. The van der Waals surface area contributed by atoms with Gasteiger partial charge in [-0.15, -0.1) is 12.4 Å². The lowest BCUT2D eigenvalue weighted by atomic mass is 10.1. The van der Waals surface area contributed by atoms with Gasteiger partial charge >= 0.3 is 0 Å². The van der Waals surface area contributed by atoms with Gasteiger partial charge in [0.05, 0.1) is 23.3 Å². The van der Waals surface area contributed by atoms with E-state index in [1.165, 1.54) is 6.39 Å². The van der Waals surface area contributed by atoms with E-state index in [0.29, 0.717) is 62.4 Å². The highest BCUT2D eigenvalue weighted by atomic mass is 127. The third-order valence-electron chi connectivity index (χ3n) is 18.7. The van der Waals surface area contributed by atoms with Gasteiger partial charge in [-0.1, -0.05) is 199 Å². The van der Waals surface area contributed by atoms with Crippen molar-refractivity contribution in [2.45, 2.75) is 66.9 Å². The zero-order valence-corrected chi connectivity index (χ0v) is 81.7. The first-order valence-electron chi connectivity index (χ1n) is 39.5. The second-order valence-corrected chi connectivity index (χ2v) is 33.3. The number of hydrogen-bond donors (Lipinski definition) is 5. The number of H-pyrrole nitrogens is 1. The van der Waals surface area contributed by atoms with Crippen molar-refractivity contribution in [1.82, 2.24) is 87.9 Å². The summed E-state index contributed by atoms with van der Waals surface area (Å²) in [5, 5.41) is 67.8. The van der Waals surface area contributed by atoms with Crippen LogP contribution in [0.4, 0.5) is 0 Å². The number of aromatic amines is 1. The predicted octanol–water partition coefficient (Wildman–Crippen LogP) is 22.2. The summed E-state index contributed by atoms with van der Waals surface area (Å²) in [6.45, 7) is 7.10. The molecule has 0 saturated carbocycles. The first-order valence-corrected chi connectivity index (χ1v) is 46.5. The van der Waals surface area contributed by atoms with Gasteiger partial charge in [0.15, 0.2) is 29.1 Å². The van der Waals surface area contributed by atoms with E-state index in [-0.39, 0.29) is 18.2 Å². The highest BCUT2D eigenvalue weighted by molar-refractivity contribution is 14.1. The third kappa shape index (κ3) is 26.8. The second-order valence-electron chi connectivity index (χ2n) is 27.3. The molecule has 29 nitrogen and oxygen atoms in total. The Balaban J connectivity index is 0.000000173. The summed E-state index contributed by atoms with van der Waals surface area (Å²) < 4.78 is 33.6. The van der Waals surface area contributed by atoms with Crippen LogP contribution in [0, 0.1) is 22.7 Å². The average molecular weight is 2050 g/mol. The molecule has 674 valence electrons. The van der Waals surface area contributed by atoms with E-state index >= 15 is 0 Å². The molecule has 0 atom stereocenters. The first-order chi connectivity index (χ1) is 63.1. The fourth-order valence-corrected chi connectivity index (χ4v) is 16.8. The zero-order chi connectivity index (χ0) is 92.9. The van der Waals surface area contributed by atoms with E-state index in [9.17, 15) is 0 Å². The molecule has 7 N–H and O–H groups in total. The number of amidine groups is 1. The number of imidazole rings is 4. The Kier molecular flexibility index (Phi) is 38.7. The van der Waals surface area contributed by atoms with Crippen LogP contribution in [0.15, 0.2) is 299 Å². The van der Waals surface area contributed by atoms with Crippen molar-refractivity contribution in [2.24, 2.45) is 66.1 Å². The summed E-state index contributed by atoms with van der Waals surface area (Å²) in [7, 11) is 13.6. The number of nitrogens with zero attached hydrogens (tertiary/aromatic N) is 20. The van der Waals surface area contributed by atoms with Gasteiger partial charge in [0.25, 0.3) is 6.48 Å². The highest BCUT2D eigenvalue weighted by Crippen LogP contribution is 2.44. The molecule has 17 rings (SSSR count). The predicted molar refractivity (Wildman–Crippen MR) is 528 cm³/mol. The number of aromatic nitrogens is 18. The smallest absolute Gasteiger partial charge is 0.271 e. The van der Waals surface area contributed by atoms with Gasteiger partial charge in [0, 0.05) is 167 Å². The molecule has 8 aromatic carbocycles. The van der Waals surface area contributed by atoms with Crippen molar-refractivity contribution in [2.75, 3.05) is 24.8 Å². The number of oxime groups is 1. The molecule has 0 aliphatic heterocycles. The molecule has 0 bridgehead atoms. The number of hydrogen-bond acceptors (Lipinski definition) is 24. The molecule has 0 aliphatic carbocycles. The molecule has 0 fully saturated rings. The van der Waals surface area contributed by atoms with Gasteiger partial charge in [0.2, 0.25) is 12.2 Å². The van der Waals surface area contributed by atoms with Crippen molar-refractivity contribution in [1.29, 1.82) is 10.5 Å². The molecule has 131 heavy (non-hydrogen) atoms. The van der Waals surface area contributed by atoms with Crippen LogP contribution in [0.1, 0.15) is 37.5 Å². The van der Waals surface area contributed by atoms with Gasteiger partial charge in [-0.2, -0.15) is 35.9 Å². The van der Waals surface area contributed by atoms with Gasteiger partial charge in [-0.3, -0.25) is 19.1 Å². The molecule has 39 heteroatoms. The van der Waals surface area contributed by atoms with Gasteiger partial charge in [0.1, 0.15) is 65.7 Å². The number of rotatable bonds is 24. The Hall–Kier alpha value is -11.8. The first kappa shape index (κ1) is 101. The van der Waals surface area contributed by atoms with Crippen LogP contribution >= 0.6 is 128 Å². The number of halogens is 6. The minimum absolute atomic E-state index is 0. The maximum absolute atomic E-state index is 9.07. The van der Waals surface area contributed by atoms with Crippen molar-refractivity contribution in [3.05, 3.63) is 286 Å². The fourth-order valence-electron chi connectivity index (χ4n) is 12.4. The van der Waals surface area contributed by atoms with Crippen LogP contribution in [0.5, 0.6) is 0 Å². The number of alkyl halides is 1. The summed E-state index contributed by atoms with van der Waals surface area (Å²) in [4.78, 5) is 29.9. The Morgan fingerprint density at radius 1 is 0.450 bits per heavy atom. The zero-order valence-electron chi connectivity index (χ0n) is 72.4. The quantitative estimate of drug-likeness (QED) is 0.00713. The van der Waals surface area contributed by atoms with E-state index in [1.54, 1.807) is 104 Å². The molecule has 17 aromatic rings. The number of benzene rings is 8. The lowest BCUT2D eigenvalue weighted by Gasteiger charge is -2.15. The highest BCUT2D eigenvalue weighted by Gasteiger charge is 2.26. The number of ether oxygens (including phenoxy) is 3. The molecule has 9 heterocycles. The third-order valence-corrected chi connectivity index (χ3v) is 24.4. The number of nitriles is 2. The minimum Gasteiger partial charge on any atom is -0.409 e. The topological polar surface area (TPSA) is 372 Å². The van der Waals surface area contributed by atoms with Crippen molar-refractivity contribution in [3.8, 4) is 115 Å². The lowest BCUT2D eigenvalue weighted by molar-refractivity contribution is -0.282. The van der Waals surface area contributed by atoms with Crippen LogP contribution in [0.2, 0.25) is 20.1 Å². The van der Waals surface area contributed by atoms with Gasteiger partial charge < -0.3 is 53.2 Å². The molecule has 9 aromatic heterocycles. The van der Waals surface area contributed by atoms with Crippen LogP contribution < -0.4 is 11.6 Å². The SMILES string of the molecule is CCOC(OCC)OCC.CI.Cl.Cn1c(-c2ccn[nH]2)nc(-c2ccc(C#N)cc2)c1Sc1ccc(Cl)cc1.Cn1ccc(-c2nc(-c3ccc(-c4ncon4)cc3)c(Sc3ccc(Cl)cc3)n2C)n1.Cn1ccc(-c2nc(-c3ccc(/C(N)=N\O)cc3)c(Sc3ccc(Cl)cc3)n2C)n1.Cn1ccc(-c2nc(-c3ccc(C#N)cc3)c(Sc3ccc(Cl)cc3)n2C)n1.NO. The Bertz CT molecular complexity index is 6570. The van der Waals surface area contributed by atoms with E-state index in [1.807, 2.05) is 285 Å². The van der Waals surface area contributed by atoms with Crippen LogP contribution in [-0.2, 0) is 63.5 Å². The summed E-state index contributed by atoms with van der Waals surface area (Å²) in [6.07, 6.45) is 8.73. The largest absolute Gasteiger partial charge is 0.409 e. The summed E-state index contributed by atoms with van der Waals surface area (Å²) >= 11 is 32.8. The molecule has 0 spiro atoms. The number of aryl methyl sites for hydroxylation is 3. The van der Waals surface area contributed by atoms with Gasteiger partial charge in [-0.05, 0) is 171 Å². The molecular formula is C92H89Cl5IN23O6S4. The standard InChI is InChI=1S/C22H17ClN6OS.C21H19ClN6OS.C21H16ClN5S.C20H14ClN5S.C7H16O3.CH3I.ClH.H3NO/c1-28-12-11-18(26-28)21-25-19(14-3-5-15(6-4-14)20-24-13-30-27-20)22(29(21)2)31-17-9-7-16(23)8-10-17;1-27-12-11-17(25-27)20-24-18(13-3-5-14(6-4-13)19(23)26-29)21(28(20)2)30-16-9-7-15(22)8-10-16;1-26-12-11-18(25-26)20-24-19(15-5-3-14(13-23)4-6-15)21(27(20)2)28-17-9-7-16(22)8-10-17;1-26-19(17-10-11-23-25-17)24-18(14-4-2-13(12-22)3-5-14)20(26)27-16-8-6-15(21)7-9-16;1-4-8-7(9-5-2)10-6-3;1-2;;1-2/h3-13H,1-2H3;3-12,29H,1-2H3,(H2,23,26);3-12H,1-2H3;2-11H,1H3,(H,23,25);7H,4-6H2,1-3H3;1H3;1H;2H,1H2.